The Morgan fingerprint density at radius 3 is 2.41 bits per heavy atom. The van der Waals surface area contributed by atoms with Crippen LogP contribution in [0.5, 0.6) is 0 Å². The van der Waals surface area contributed by atoms with E-state index in [0.717, 1.165) is 4.47 Å². The summed E-state index contributed by atoms with van der Waals surface area (Å²) in [4.78, 5) is 22.8. The van der Waals surface area contributed by atoms with Gasteiger partial charge in [-0.2, -0.15) is 0 Å². The summed E-state index contributed by atoms with van der Waals surface area (Å²) in [6.45, 7) is 1.41. The molecule has 0 aliphatic carbocycles. The Morgan fingerprint density at radius 1 is 1.27 bits per heavy atom. The van der Waals surface area contributed by atoms with Gasteiger partial charge in [0, 0.05) is 17.4 Å². The number of nitrogens with one attached hydrogen (secondary N) is 2. The first-order chi connectivity index (χ1) is 10.3. The van der Waals surface area contributed by atoms with Gasteiger partial charge < -0.3 is 10.1 Å². The van der Waals surface area contributed by atoms with Crippen molar-refractivity contribution in [3.05, 3.63) is 28.7 Å². The van der Waals surface area contributed by atoms with E-state index in [-0.39, 0.29) is 17.9 Å². The number of rotatable bonds is 7. The number of benzene rings is 1. The van der Waals surface area contributed by atoms with E-state index < -0.39 is 27.9 Å². The summed E-state index contributed by atoms with van der Waals surface area (Å²) < 4.78 is 31.5. The molecule has 0 heterocycles. The third-order valence-electron chi connectivity index (χ3n) is 2.70. The molecule has 1 amide bonds. The molecule has 1 aromatic carbocycles. The van der Waals surface area contributed by atoms with E-state index >= 15 is 0 Å². The lowest BCUT2D eigenvalue weighted by Gasteiger charge is -2.11. The van der Waals surface area contributed by atoms with Gasteiger partial charge in [-0.3, -0.25) is 4.79 Å². The largest absolute Gasteiger partial charge is 0.467 e. The van der Waals surface area contributed by atoms with Gasteiger partial charge in [-0.1, -0.05) is 15.9 Å². The summed E-state index contributed by atoms with van der Waals surface area (Å²) in [5.41, 5.74) is 0. The molecule has 0 aromatic heterocycles. The molecule has 2 N–H and O–H groups in total. The predicted molar refractivity (Wildman–Crippen MR) is 83.6 cm³/mol. The van der Waals surface area contributed by atoms with Crippen molar-refractivity contribution in [2.24, 2.45) is 0 Å². The second-order valence-electron chi connectivity index (χ2n) is 4.41. The number of halogens is 1. The third kappa shape index (κ3) is 5.74. The zero-order valence-electron chi connectivity index (χ0n) is 12.1. The van der Waals surface area contributed by atoms with Crippen LogP contribution < -0.4 is 10.0 Å². The maximum Gasteiger partial charge on any atom is 0.328 e. The molecule has 0 fully saturated rings. The standard InChI is InChI=1S/C13H17BrN2O5S/c1-9(13(18)21-2)16-12(17)7-8-15-22(19,20)11-5-3-10(14)4-6-11/h3-6,9,15H,7-8H2,1-2H3,(H,16,17). The number of carbonyl (C=O) groups excluding carboxylic acids is 2. The molecule has 122 valence electrons. The minimum Gasteiger partial charge on any atom is -0.467 e. The van der Waals surface area contributed by atoms with Crippen molar-refractivity contribution in [1.29, 1.82) is 0 Å². The molecule has 1 rings (SSSR count). The van der Waals surface area contributed by atoms with Crippen LogP contribution in [0.15, 0.2) is 33.6 Å². The zero-order valence-corrected chi connectivity index (χ0v) is 14.5. The Bertz CT molecular complexity index is 630. The van der Waals surface area contributed by atoms with E-state index in [1.807, 2.05) is 0 Å². The molecule has 0 bridgehead atoms. The first kappa shape index (κ1) is 18.6. The lowest BCUT2D eigenvalue weighted by Crippen LogP contribution is -2.40. The van der Waals surface area contributed by atoms with Crippen LogP contribution in [-0.4, -0.2) is 40.0 Å². The fraction of sp³-hybridized carbons (Fsp3) is 0.385. The molecule has 0 radical (unpaired) electrons. The molecule has 0 spiro atoms. The average molecular weight is 393 g/mol. The number of carbonyl (C=O) groups is 2. The normalized spacial score (nSPS) is 12.5. The topological polar surface area (TPSA) is 102 Å². The smallest absolute Gasteiger partial charge is 0.328 e. The van der Waals surface area contributed by atoms with Gasteiger partial charge in [0.25, 0.3) is 0 Å². The van der Waals surface area contributed by atoms with Crippen molar-refractivity contribution >= 4 is 37.8 Å². The van der Waals surface area contributed by atoms with E-state index in [1.165, 1.54) is 26.2 Å². The number of ether oxygens (including phenoxy) is 1. The average Bonchev–Trinajstić information content (AvgIpc) is 2.46. The number of hydrogen-bond donors (Lipinski definition) is 2. The first-order valence-corrected chi connectivity index (χ1v) is 8.66. The number of sulfonamides is 1. The summed E-state index contributed by atoms with van der Waals surface area (Å²) in [5.74, 6) is -1.01. The molecular formula is C13H17BrN2O5S. The van der Waals surface area contributed by atoms with Crippen molar-refractivity contribution in [3.8, 4) is 0 Å². The first-order valence-electron chi connectivity index (χ1n) is 6.38. The van der Waals surface area contributed by atoms with E-state index in [1.54, 1.807) is 12.1 Å². The van der Waals surface area contributed by atoms with E-state index in [0.29, 0.717) is 0 Å². The van der Waals surface area contributed by atoms with Gasteiger partial charge in [0.05, 0.1) is 12.0 Å². The highest BCUT2D eigenvalue weighted by Gasteiger charge is 2.17. The monoisotopic (exact) mass is 392 g/mol. The van der Waals surface area contributed by atoms with Crippen LogP contribution in [0, 0.1) is 0 Å². The summed E-state index contributed by atoms with van der Waals surface area (Å²) in [5, 5.41) is 2.41. The number of methoxy groups -OCH3 is 1. The molecule has 0 aliphatic heterocycles. The van der Waals surface area contributed by atoms with Crippen LogP contribution in [0.2, 0.25) is 0 Å². The maximum absolute atomic E-state index is 12.0. The lowest BCUT2D eigenvalue weighted by atomic mass is 10.3. The molecule has 0 aliphatic rings. The summed E-state index contributed by atoms with van der Waals surface area (Å²) in [7, 11) is -2.45. The molecule has 0 saturated heterocycles. The van der Waals surface area contributed by atoms with Gasteiger partial charge in [0.2, 0.25) is 15.9 Å². The Balaban J connectivity index is 2.47. The number of amides is 1. The SMILES string of the molecule is COC(=O)C(C)NC(=O)CCNS(=O)(=O)c1ccc(Br)cc1. The van der Waals surface area contributed by atoms with Gasteiger partial charge in [-0.15, -0.1) is 0 Å². The molecular weight excluding hydrogens is 376 g/mol. The number of esters is 1. The molecule has 9 heteroatoms. The molecule has 0 saturated carbocycles. The van der Waals surface area contributed by atoms with E-state index in [2.05, 4.69) is 30.7 Å². The highest BCUT2D eigenvalue weighted by molar-refractivity contribution is 9.10. The zero-order chi connectivity index (χ0) is 16.8. The van der Waals surface area contributed by atoms with E-state index in [9.17, 15) is 18.0 Å². The van der Waals surface area contributed by atoms with Crippen LogP contribution in [0.3, 0.4) is 0 Å². The van der Waals surface area contributed by atoms with Gasteiger partial charge >= 0.3 is 5.97 Å². The highest BCUT2D eigenvalue weighted by Crippen LogP contribution is 2.14. The van der Waals surface area contributed by atoms with Crippen LogP contribution in [0.4, 0.5) is 0 Å². The second-order valence-corrected chi connectivity index (χ2v) is 7.10. The van der Waals surface area contributed by atoms with Crippen molar-refractivity contribution in [1.82, 2.24) is 10.0 Å². The molecule has 22 heavy (non-hydrogen) atoms. The fourth-order valence-corrected chi connectivity index (χ4v) is 2.84. The van der Waals surface area contributed by atoms with E-state index in [4.69, 9.17) is 0 Å². The van der Waals surface area contributed by atoms with Gasteiger partial charge in [-0.05, 0) is 31.2 Å². The third-order valence-corrected chi connectivity index (χ3v) is 4.71. The molecule has 7 nitrogen and oxygen atoms in total. The highest BCUT2D eigenvalue weighted by atomic mass is 79.9. The molecule has 1 atom stereocenters. The lowest BCUT2D eigenvalue weighted by molar-refractivity contribution is -0.144. The van der Waals surface area contributed by atoms with Crippen molar-refractivity contribution in [2.75, 3.05) is 13.7 Å². The number of hydrogen-bond acceptors (Lipinski definition) is 5. The van der Waals surface area contributed by atoms with Gasteiger partial charge in [-0.25, -0.2) is 17.9 Å². The summed E-state index contributed by atoms with van der Waals surface area (Å²) in [6, 6.07) is 5.34. The van der Waals surface area contributed by atoms with Crippen molar-refractivity contribution in [3.63, 3.8) is 0 Å². The van der Waals surface area contributed by atoms with Crippen molar-refractivity contribution in [2.45, 2.75) is 24.3 Å². The molecule has 1 unspecified atom stereocenters. The van der Waals surface area contributed by atoms with Crippen LogP contribution in [0.1, 0.15) is 13.3 Å². The predicted octanol–water partition coefficient (Wildman–Crippen LogP) is 0.795. The van der Waals surface area contributed by atoms with Gasteiger partial charge in [0.1, 0.15) is 6.04 Å². The molecule has 1 aromatic rings. The minimum absolute atomic E-state index is 0.0713. The van der Waals surface area contributed by atoms with Crippen molar-refractivity contribution < 1.29 is 22.7 Å². The Kier molecular flexibility index (Phi) is 6.98. The Labute approximate surface area is 137 Å². The minimum atomic E-state index is -3.66. The van der Waals surface area contributed by atoms with Gasteiger partial charge in [0.15, 0.2) is 0 Å². The summed E-state index contributed by atoms with van der Waals surface area (Å²) >= 11 is 3.22. The van der Waals surface area contributed by atoms with Crippen LogP contribution >= 0.6 is 15.9 Å². The maximum atomic E-state index is 12.0. The second kappa shape index (κ2) is 8.25. The van der Waals surface area contributed by atoms with Crippen LogP contribution in [0.25, 0.3) is 0 Å². The quantitative estimate of drug-likeness (QED) is 0.668. The van der Waals surface area contributed by atoms with Crippen LogP contribution in [-0.2, 0) is 24.3 Å². The Morgan fingerprint density at radius 2 is 1.86 bits per heavy atom. The Hall–Kier alpha value is -1.45. The fourth-order valence-electron chi connectivity index (χ4n) is 1.55. The summed E-state index contributed by atoms with van der Waals surface area (Å²) in [6.07, 6.45) is -0.0862.